The summed E-state index contributed by atoms with van der Waals surface area (Å²) in [4.78, 5) is 11.9. The number of halogens is 1. The molecule has 0 atom stereocenters. The predicted molar refractivity (Wildman–Crippen MR) is 90.6 cm³/mol. The van der Waals surface area contributed by atoms with Crippen molar-refractivity contribution in [3.8, 4) is 17.6 Å². The molecule has 24 heavy (non-hydrogen) atoms. The van der Waals surface area contributed by atoms with Crippen LogP contribution >= 0.6 is 11.6 Å². The molecular formula is C18H13ClN2O3. The molecule has 0 amide bonds. The average molecular weight is 341 g/mol. The fourth-order valence-electron chi connectivity index (χ4n) is 2.32. The molecule has 0 saturated carbocycles. The largest absolute Gasteiger partial charge is 0.456 e. The topological polar surface area (TPSA) is 64.2 Å². The van der Waals surface area contributed by atoms with Gasteiger partial charge in [-0.25, -0.2) is 4.79 Å². The van der Waals surface area contributed by atoms with Crippen molar-refractivity contribution in [1.82, 2.24) is 4.57 Å². The molecule has 0 unspecified atom stereocenters. The Morgan fingerprint density at radius 2 is 2.08 bits per heavy atom. The van der Waals surface area contributed by atoms with Crippen molar-refractivity contribution in [2.45, 2.75) is 6.92 Å². The maximum absolute atomic E-state index is 11.9. The van der Waals surface area contributed by atoms with Crippen LogP contribution in [0.25, 0.3) is 10.9 Å². The number of nitrogens with zero attached hydrogens (tertiary/aromatic N) is 2. The molecule has 3 aromatic rings. The van der Waals surface area contributed by atoms with Gasteiger partial charge in [-0.05, 0) is 49.4 Å². The highest BCUT2D eigenvalue weighted by molar-refractivity contribution is 6.32. The first-order chi connectivity index (χ1) is 11.6. The van der Waals surface area contributed by atoms with Crippen molar-refractivity contribution in [2.75, 3.05) is 6.61 Å². The normalized spacial score (nSPS) is 10.4. The Morgan fingerprint density at radius 3 is 2.79 bits per heavy atom. The minimum absolute atomic E-state index is 0.316. The van der Waals surface area contributed by atoms with Crippen LogP contribution in [0, 0.1) is 11.3 Å². The maximum atomic E-state index is 11.9. The Bertz CT molecular complexity index is 957. The maximum Gasteiger partial charge on any atom is 0.418 e. The van der Waals surface area contributed by atoms with Crippen molar-refractivity contribution in [2.24, 2.45) is 0 Å². The lowest BCUT2D eigenvalue weighted by molar-refractivity contribution is 0.155. The van der Waals surface area contributed by atoms with Crippen LogP contribution in [0.15, 0.2) is 48.7 Å². The lowest BCUT2D eigenvalue weighted by Gasteiger charge is -2.08. The molecule has 120 valence electrons. The predicted octanol–water partition coefficient (Wildman–Crippen LogP) is 4.96. The number of benzene rings is 2. The van der Waals surface area contributed by atoms with E-state index in [2.05, 4.69) is 0 Å². The molecule has 0 spiro atoms. The van der Waals surface area contributed by atoms with E-state index >= 15 is 0 Å². The van der Waals surface area contributed by atoms with Gasteiger partial charge in [-0.15, -0.1) is 0 Å². The summed E-state index contributed by atoms with van der Waals surface area (Å²) < 4.78 is 12.2. The van der Waals surface area contributed by atoms with E-state index in [4.69, 9.17) is 26.3 Å². The molecule has 0 saturated heterocycles. The van der Waals surface area contributed by atoms with Gasteiger partial charge in [0, 0.05) is 11.6 Å². The second-order valence-corrected chi connectivity index (χ2v) is 5.37. The number of hydrogen-bond acceptors (Lipinski definition) is 4. The van der Waals surface area contributed by atoms with Gasteiger partial charge >= 0.3 is 6.09 Å². The van der Waals surface area contributed by atoms with Gasteiger partial charge < -0.3 is 9.47 Å². The third-order valence-electron chi connectivity index (χ3n) is 3.41. The van der Waals surface area contributed by atoms with Crippen LogP contribution in [0.1, 0.15) is 12.5 Å². The van der Waals surface area contributed by atoms with Gasteiger partial charge in [0.25, 0.3) is 0 Å². The molecule has 0 bridgehead atoms. The first-order valence-corrected chi connectivity index (χ1v) is 7.66. The second kappa shape index (κ2) is 6.65. The number of carbonyl (C=O) groups excluding carboxylic acids is 1. The summed E-state index contributed by atoms with van der Waals surface area (Å²) in [6, 6.07) is 14.0. The lowest BCUT2D eigenvalue weighted by Crippen LogP contribution is -2.11. The Kier molecular flexibility index (Phi) is 4.41. The fraction of sp³-hybridized carbons (Fsp3) is 0.111. The standard InChI is InChI=1S/C18H13ClN2O3/c1-2-23-18(22)21-8-7-13-10-14(4-5-16(13)21)24-17-6-3-12(11-20)9-15(17)19/h3-10H,2H2,1H3. The SMILES string of the molecule is CCOC(=O)n1ccc2cc(Oc3ccc(C#N)cc3Cl)ccc21. The first-order valence-electron chi connectivity index (χ1n) is 7.28. The smallest absolute Gasteiger partial charge is 0.418 e. The number of fused-ring (bicyclic) bond motifs is 1. The number of nitriles is 1. The van der Waals surface area contributed by atoms with E-state index in [0.717, 1.165) is 10.9 Å². The molecule has 0 fully saturated rings. The number of aromatic nitrogens is 1. The minimum Gasteiger partial charge on any atom is -0.456 e. The van der Waals surface area contributed by atoms with Crippen LogP contribution in [0.2, 0.25) is 5.02 Å². The van der Waals surface area contributed by atoms with Crippen molar-refractivity contribution in [3.63, 3.8) is 0 Å². The molecule has 1 heterocycles. The third-order valence-corrected chi connectivity index (χ3v) is 3.71. The molecule has 0 radical (unpaired) electrons. The third kappa shape index (κ3) is 3.05. The molecule has 0 aliphatic heterocycles. The second-order valence-electron chi connectivity index (χ2n) is 4.96. The summed E-state index contributed by atoms with van der Waals surface area (Å²) in [5.41, 5.74) is 1.20. The number of hydrogen-bond donors (Lipinski definition) is 0. The van der Waals surface area contributed by atoms with Gasteiger partial charge in [0.05, 0.1) is 28.8 Å². The number of ether oxygens (including phenoxy) is 2. The van der Waals surface area contributed by atoms with Gasteiger partial charge in [0.15, 0.2) is 0 Å². The van der Waals surface area contributed by atoms with Gasteiger partial charge in [-0.3, -0.25) is 4.57 Å². The Morgan fingerprint density at radius 1 is 1.25 bits per heavy atom. The Hall–Kier alpha value is -2.97. The van der Waals surface area contributed by atoms with Crippen molar-refractivity contribution in [3.05, 3.63) is 59.2 Å². The Balaban J connectivity index is 1.89. The fourth-order valence-corrected chi connectivity index (χ4v) is 2.54. The average Bonchev–Trinajstić information content (AvgIpc) is 3.00. The molecule has 6 heteroatoms. The van der Waals surface area contributed by atoms with Crippen LogP contribution < -0.4 is 4.74 Å². The van der Waals surface area contributed by atoms with E-state index in [0.29, 0.717) is 28.7 Å². The molecule has 2 aromatic carbocycles. The van der Waals surface area contributed by atoms with E-state index in [9.17, 15) is 4.79 Å². The van der Waals surface area contributed by atoms with E-state index in [1.807, 2.05) is 6.07 Å². The highest BCUT2D eigenvalue weighted by atomic mass is 35.5. The van der Waals surface area contributed by atoms with E-state index < -0.39 is 6.09 Å². The summed E-state index contributed by atoms with van der Waals surface area (Å²) in [5.74, 6) is 1.04. The highest BCUT2D eigenvalue weighted by Crippen LogP contribution is 2.31. The van der Waals surface area contributed by atoms with Crippen molar-refractivity contribution in [1.29, 1.82) is 5.26 Å². The zero-order valence-corrected chi connectivity index (χ0v) is 13.6. The summed E-state index contributed by atoms with van der Waals surface area (Å²) >= 11 is 6.12. The van der Waals surface area contributed by atoms with E-state index in [1.165, 1.54) is 4.57 Å². The summed E-state index contributed by atoms with van der Waals surface area (Å²) in [5, 5.41) is 10.1. The minimum atomic E-state index is -0.420. The lowest BCUT2D eigenvalue weighted by atomic mass is 10.2. The molecule has 0 aliphatic rings. The summed E-state index contributed by atoms with van der Waals surface area (Å²) in [6.07, 6.45) is 1.23. The molecule has 0 aliphatic carbocycles. The molecular weight excluding hydrogens is 328 g/mol. The van der Waals surface area contributed by atoms with E-state index in [-0.39, 0.29) is 0 Å². The van der Waals surface area contributed by atoms with Gasteiger partial charge in [0.2, 0.25) is 0 Å². The number of carbonyl (C=O) groups is 1. The van der Waals surface area contributed by atoms with Crippen LogP contribution in [-0.4, -0.2) is 17.3 Å². The molecule has 1 aromatic heterocycles. The zero-order valence-electron chi connectivity index (χ0n) is 12.8. The number of rotatable bonds is 3. The van der Waals surface area contributed by atoms with E-state index in [1.54, 1.807) is 55.6 Å². The summed E-state index contributed by atoms with van der Waals surface area (Å²) in [6.45, 7) is 2.08. The zero-order chi connectivity index (χ0) is 17.1. The molecule has 3 rings (SSSR count). The Labute approximate surface area is 143 Å². The van der Waals surface area contributed by atoms with Crippen molar-refractivity contribution < 1.29 is 14.3 Å². The molecule has 5 nitrogen and oxygen atoms in total. The van der Waals surface area contributed by atoms with Crippen LogP contribution in [0.4, 0.5) is 4.79 Å². The van der Waals surface area contributed by atoms with Crippen molar-refractivity contribution >= 4 is 28.6 Å². The highest BCUT2D eigenvalue weighted by Gasteiger charge is 2.11. The summed E-state index contributed by atoms with van der Waals surface area (Å²) in [7, 11) is 0. The van der Waals surface area contributed by atoms with Crippen LogP contribution in [-0.2, 0) is 4.74 Å². The van der Waals surface area contributed by atoms with Gasteiger partial charge in [0.1, 0.15) is 11.5 Å². The van der Waals surface area contributed by atoms with Crippen LogP contribution in [0.3, 0.4) is 0 Å². The molecule has 0 N–H and O–H groups in total. The van der Waals surface area contributed by atoms with Gasteiger partial charge in [-0.2, -0.15) is 5.26 Å². The van der Waals surface area contributed by atoms with Crippen LogP contribution in [0.5, 0.6) is 11.5 Å². The quantitative estimate of drug-likeness (QED) is 0.675. The first kappa shape index (κ1) is 15.9. The monoisotopic (exact) mass is 340 g/mol. The van der Waals surface area contributed by atoms with Gasteiger partial charge in [-0.1, -0.05) is 11.6 Å².